The van der Waals surface area contributed by atoms with Crippen molar-refractivity contribution >= 4 is 11.4 Å². The average Bonchev–Trinajstić information content (AvgIpc) is 3.34. The second-order valence-corrected chi connectivity index (χ2v) is 7.00. The molecule has 1 aliphatic rings. The number of halogens is 1. The minimum Gasteiger partial charge on any atom is -0.473 e. The van der Waals surface area contributed by atoms with Gasteiger partial charge < -0.3 is 9.64 Å². The fourth-order valence-electron chi connectivity index (χ4n) is 3.42. The highest BCUT2D eigenvalue weighted by molar-refractivity contribution is 5.87. The minimum atomic E-state index is -1.64. The van der Waals surface area contributed by atoms with Gasteiger partial charge in [-0.1, -0.05) is 6.58 Å². The van der Waals surface area contributed by atoms with Crippen molar-refractivity contribution < 1.29 is 13.9 Å². The largest absolute Gasteiger partial charge is 0.473 e. The molecule has 1 aliphatic heterocycles. The topological polar surface area (TPSA) is 77.6 Å². The number of carbonyl (C=O) groups is 1. The Morgan fingerprint density at radius 1 is 1.43 bits per heavy atom. The highest BCUT2D eigenvalue weighted by Gasteiger charge is 2.38. The van der Waals surface area contributed by atoms with Crippen LogP contribution in [0.25, 0.3) is 16.8 Å². The van der Waals surface area contributed by atoms with E-state index in [1.807, 2.05) is 13.2 Å². The number of rotatable bonds is 5. The molecule has 9 heteroatoms. The van der Waals surface area contributed by atoms with Crippen LogP contribution in [0.4, 0.5) is 4.39 Å². The van der Waals surface area contributed by atoms with Crippen molar-refractivity contribution in [1.82, 2.24) is 29.3 Å². The number of hydrogen-bond acceptors (Lipinski definition) is 5. The van der Waals surface area contributed by atoms with Gasteiger partial charge in [-0.05, 0) is 25.0 Å². The zero-order valence-electron chi connectivity index (χ0n) is 15.6. The number of likely N-dealkylation sites (tertiary alicyclic amines) is 1. The van der Waals surface area contributed by atoms with E-state index in [0.29, 0.717) is 36.5 Å². The van der Waals surface area contributed by atoms with Crippen molar-refractivity contribution in [2.45, 2.75) is 18.5 Å². The van der Waals surface area contributed by atoms with E-state index in [-0.39, 0.29) is 19.1 Å². The van der Waals surface area contributed by atoms with E-state index in [1.165, 1.54) is 11.0 Å². The Balaban J connectivity index is 1.58. The van der Waals surface area contributed by atoms with Gasteiger partial charge in [-0.2, -0.15) is 10.2 Å². The number of aromatic nitrogens is 5. The van der Waals surface area contributed by atoms with Crippen LogP contribution in [0.1, 0.15) is 12.8 Å². The summed E-state index contributed by atoms with van der Waals surface area (Å²) in [5.74, 6) is 0.0275. The van der Waals surface area contributed by atoms with E-state index in [9.17, 15) is 4.79 Å². The van der Waals surface area contributed by atoms with E-state index in [4.69, 9.17) is 4.74 Å². The van der Waals surface area contributed by atoms with Gasteiger partial charge in [-0.15, -0.1) is 0 Å². The highest BCUT2D eigenvalue weighted by atomic mass is 19.1. The summed E-state index contributed by atoms with van der Waals surface area (Å²) in [7, 11) is 1.82. The smallest absolute Gasteiger partial charge is 0.246 e. The van der Waals surface area contributed by atoms with Crippen molar-refractivity contribution in [2.75, 3.05) is 19.7 Å². The lowest BCUT2D eigenvalue weighted by molar-refractivity contribution is -0.130. The number of fused-ring (bicyclic) bond motifs is 1. The lowest BCUT2D eigenvalue weighted by Gasteiger charge is -2.36. The van der Waals surface area contributed by atoms with Crippen LogP contribution in [0.2, 0.25) is 0 Å². The molecule has 28 heavy (non-hydrogen) atoms. The summed E-state index contributed by atoms with van der Waals surface area (Å²) in [6.07, 6.45) is 9.04. The molecule has 3 aromatic heterocycles. The maximum atomic E-state index is 15.3. The molecule has 1 amide bonds. The molecule has 0 bridgehead atoms. The molecule has 1 unspecified atom stereocenters. The third kappa shape index (κ3) is 3.47. The quantitative estimate of drug-likeness (QED) is 0.629. The van der Waals surface area contributed by atoms with Crippen molar-refractivity contribution in [2.24, 2.45) is 7.05 Å². The molecule has 0 aromatic carbocycles. The van der Waals surface area contributed by atoms with Crippen molar-refractivity contribution in [3.8, 4) is 17.1 Å². The van der Waals surface area contributed by atoms with Gasteiger partial charge in [0.1, 0.15) is 12.1 Å². The maximum absolute atomic E-state index is 15.3. The Morgan fingerprint density at radius 3 is 3.04 bits per heavy atom. The first kappa shape index (κ1) is 18.1. The minimum absolute atomic E-state index is 0.0182. The van der Waals surface area contributed by atoms with Crippen molar-refractivity contribution in [3.05, 3.63) is 43.5 Å². The molecule has 8 nitrogen and oxygen atoms in total. The molecule has 4 heterocycles. The molecule has 0 N–H and O–H groups in total. The predicted molar refractivity (Wildman–Crippen MR) is 101 cm³/mol. The number of carbonyl (C=O) groups excluding carboxylic acids is 1. The number of hydrogen-bond donors (Lipinski definition) is 0. The first-order chi connectivity index (χ1) is 13.5. The second-order valence-electron chi connectivity index (χ2n) is 7.00. The third-order valence-electron chi connectivity index (χ3n) is 4.84. The average molecular weight is 384 g/mol. The third-order valence-corrected chi connectivity index (χ3v) is 4.84. The highest BCUT2D eigenvalue weighted by Crippen LogP contribution is 2.29. The molecule has 146 valence electrons. The number of nitrogens with zero attached hydrogens (tertiary/aromatic N) is 6. The van der Waals surface area contributed by atoms with Gasteiger partial charge in [0.15, 0.2) is 5.67 Å². The summed E-state index contributed by atoms with van der Waals surface area (Å²) >= 11 is 0. The van der Waals surface area contributed by atoms with E-state index in [2.05, 4.69) is 21.8 Å². The van der Waals surface area contributed by atoms with Crippen molar-refractivity contribution in [1.29, 1.82) is 0 Å². The molecule has 3 aromatic rings. The van der Waals surface area contributed by atoms with E-state index in [1.54, 1.807) is 33.9 Å². The number of ether oxygens (including phenoxy) is 1. The van der Waals surface area contributed by atoms with Gasteiger partial charge in [-0.3, -0.25) is 9.48 Å². The molecule has 1 fully saturated rings. The van der Waals surface area contributed by atoms with Gasteiger partial charge in [0.05, 0.1) is 30.8 Å². The Hall–Kier alpha value is -3.23. The normalized spacial score (nSPS) is 19.7. The van der Waals surface area contributed by atoms with Gasteiger partial charge in [0.25, 0.3) is 0 Å². The number of alkyl halides is 1. The molecule has 0 radical (unpaired) electrons. The monoisotopic (exact) mass is 384 g/mol. The van der Waals surface area contributed by atoms with Crippen LogP contribution >= 0.6 is 0 Å². The van der Waals surface area contributed by atoms with Gasteiger partial charge in [0, 0.05) is 25.4 Å². The van der Waals surface area contributed by atoms with Gasteiger partial charge in [-0.25, -0.2) is 13.9 Å². The lowest BCUT2D eigenvalue weighted by Crippen LogP contribution is -2.50. The summed E-state index contributed by atoms with van der Waals surface area (Å²) in [5, 5.41) is 8.40. The van der Waals surface area contributed by atoms with Gasteiger partial charge >= 0.3 is 0 Å². The SMILES string of the molecule is C=CC(=O)N1CCCC(F)(COc2nc(-c3cnn(C)c3)cn3nccc23)C1. The zero-order valence-corrected chi connectivity index (χ0v) is 15.6. The Morgan fingerprint density at radius 2 is 2.29 bits per heavy atom. The predicted octanol–water partition coefficient (Wildman–Crippen LogP) is 2.03. The number of amides is 1. The molecule has 0 saturated carbocycles. The Labute approximate surface area is 161 Å². The van der Waals surface area contributed by atoms with Crippen LogP contribution in [-0.4, -0.2) is 60.6 Å². The first-order valence-electron chi connectivity index (χ1n) is 9.04. The molecule has 0 spiro atoms. The van der Waals surface area contributed by atoms with Crippen LogP contribution in [0.15, 0.2) is 43.5 Å². The lowest BCUT2D eigenvalue weighted by atomic mass is 9.95. The van der Waals surface area contributed by atoms with Gasteiger partial charge in [0.2, 0.25) is 11.8 Å². The Bertz CT molecular complexity index is 1030. The maximum Gasteiger partial charge on any atom is 0.246 e. The van der Waals surface area contributed by atoms with Crippen LogP contribution < -0.4 is 4.74 Å². The zero-order chi connectivity index (χ0) is 19.7. The summed E-state index contributed by atoms with van der Waals surface area (Å²) in [6, 6.07) is 1.76. The fraction of sp³-hybridized carbons (Fsp3) is 0.368. The fourth-order valence-corrected chi connectivity index (χ4v) is 3.42. The second kappa shape index (κ2) is 7.06. The summed E-state index contributed by atoms with van der Waals surface area (Å²) in [4.78, 5) is 17.8. The van der Waals surface area contributed by atoms with Crippen LogP contribution in [-0.2, 0) is 11.8 Å². The van der Waals surface area contributed by atoms with E-state index in [0.717, 1.165) is 5.56 Å². The standard InChI is InChI=1S/C19H21FN6O2/c1-3-17(27)25-8-4-6-19(20,12-25)13-28-18-16-5-7-21-26(16)11-15(23-18)14-9-22-24(2)10-14/h3,5,7,9-11H,1,4,6,8,12-13H2,2H3. The molecule has 1 saturated heterocycles. The van der Waals surface area contributed by atoms with Crippen molar-refractivity contribution in [3.63, 3.8) is 0 Å². The summed E-state index contributed by atoms with van der Waals surface area (Å²) < 4.78 is 24.5. The molecular weight excluding hydrogens is 363 g/mol. The summed E-state index contributed by atoms with van der Waals surface area (Å²) in [5.41, 5.74) is 0.436. The van der Waals surface area contributed by atoms with E-state index < -0.39 is 5.67 Å². The molecule has 1 atom stereocenters. The Kier molecular flexibility index (Phi) is 4.58. The number of aryl methyl sites for hydroxylation is 1. The van der Waals surface area contributed by atoms with Crippen LogP contribution in [0.3, 0.4) is 0 Å². The first-order valence-corrected chi connectivity index (χ1v) is 9.04. The van der Waals surface area contributed by atoms with E-state index >= 15 is 4.39 Å². The van der Waals surface area contributed by atoms with Crippen LogP contribution in [0.5, 0.6) is 5.88 Å². The molecule has 0 aliphatic carbocycles. The molecular formula is C19H21FN6O2. The van der Waals surface area contributed by atoms with Crippen LogP contribution in [0, 0.1) is 0 Å². The summed E-state index contributed by atoms with van der Waals surface area (Å²) in [6.45, 7) is 3.79. The molecule has 4 rings (SSSR count). The number of piperidine rings is 1.